The molecule has 0 atom stereocenters. The van der Waals surface area contributed by atoms with Crippen LogP contribution in [-0.4, -0.2) is 49.5 Å². The molecule has 0 unspecified atom stereocenters. The largest absolute Gasteiger partial charge is 0.380 e. The lowest BCUT2D eigenvalue weighted by Crippen LogP contribution is -2.35. The first-order chi connectivity index (χ1) is 8.14. The number of H-pyrrole nitrogens is 1. The predicted octanol–water partition coefficient (Wildman–Crippen LogP) is 0.377. The van der Waals surface area contributed by atoms with E-state index in [0.29, 0.717) is 26.1 Å². The Labute approximate surface area is 100 Å². The third-order valence-electron chi connectivity index (χ3n) is 2.69. The van der Waals surface area contributed by atoms with Gasteiger partial charge in [0.15, 0.2) is 5.03 Å². The van der Waals surface area contributed by atoms with E-state index in [-0.39, 0.29) is 5.03 Å². The number of nitrogens with one attached hydrogen (secondary N) is 1. The minimum Gasteiger partial charge on any atom is -0.380 e. The maximum Gasteiger partial charge on any atom is 0.260 e. The smallest absolute Gasteiger partial charge is 0.260 e. The molecule has 6 nitrogen and oxygen atoms in total. The second-order valence-electron chi connectivity index (χ2n) is 3.82. The highest BCUT2D eigenvalue weighted by molar-refractivity contribution is 7.89. The van der Waals surface area contributed by atoms with E-state index >= 15 is 0 Å². The van der Waals surface area contributed by atoms with Crippen LogP contribution in [0.3, 0.4) is 0 Å². The molecule has 0 aliphatic carbocycles. The number of imidazole rings is 1. The molecule has 0 radical (unpaired) electrons. The van der Waals surface area contributed by atoms with Crippen LogP contribution < -0.4 is 0 Å². The first-order valence-electron chi connectivity index (χ1n) is 5.30. The van der Waals surface area contributed by atoms with Crippen molar-refractivity contribution in [3.05, 3.63) is 24.2 Å². The van der Waals surface area contributed by atoms with Crippen LogP contribution in [0.15, 0.2) is 29.2 Å². The molecule has 0 saturated carbocycles. The lowest BCUT2D eigenvalue weighted by Gasteiger charge is -2.24. The molecule has 0 bridgehead atoms. The van der Waals surface area contributed by atoms with Gasteiger partial charge < -0.3 is 9.72 Å². The third kappa shape index (κ3) is 2.56. The van der Waals surface area contributed by atoms with Crippen LogP contribution in [-0.2, 0) is 14.8 Å². The molecule has 94 valence electrons. The summed E-state index contributed by atoms with van der Waals surface area (Å²) < 4.78 is 30.7. The van der Waals surface area contributed by atoms with Gasteiger partial charge in [0.2, 0.25) is 0 Å². The monoisotopic (exact) mass is 257 g/mol. The maximum absolute atomic E-state index is 12.1. The first kappa shape index (κ1) is 12.3. The van der Waals surface area contributed by atoms with Crippen LogP contribution in [0.1, 0.15) is 6.42 Å². The standard InChI is InChI=1S/C10H15N3O3S/c1-16-7-9-2-4-13(5-3-9)17(14,15)10-6-11-8-12-10/h2,6,8H,3-5,7H2,1H3,(H,11,12). The van der Waals surface area contributed by atoms with Gasteiger partial charge in [0, 0.05) is 20.2 Å². The van der Waals surface area contributed by atoms with Crippen molar-refractivity contribution in [2.45, 2.75) is 11.4 Å². The van der Waals surface area contributed by atoms with Gasteiger partial charge in [-0.3, -0.25) is 0 Å². The summed E-state index contributed by atoms with van der Waals surface area (Å²) in [4.78, 5) is 6.36. The number of ether oxygens (including phenoxy) is 1. The van der Waals surface area contributed by atoms with Gasteiger partial charge in [-0.1, -0.05) is 6.08 Å². The molecule has 1 aliphatic heterocycles. The summed E-state index contributed by atoms with van der Waals surface area (Å²) in [6.45, 7) is 1.44. The molecule has 1 N–H and O–H groups in total. The van der Waals surface area contributed by atoms with Crippen molar-refractivity contribution in [3.63, 3.8) is 0 Å². The molecular weight excluding hydrogens is 242 g/mol. The Hall–Kier alpha value is -1.18. The Balaban J connectivity index is 2.11. The summed E-state index contributed by atoms with van der Waals surface area (Å²) in [6.07, 6.45) is 5.30. The highest BCUT2D eigenvalue weighted by Gasteiger charge is 2.26. The molecule has 0 spiro atoms. The zero-order valence-corrected chi connectivity index (χ0v) is 10.4. The summed E-state index contributed by atoms with van der Waals surface area (Å²) in [5, 5.41) is 0.140. The van der Waals surface area contributed by atoms with Crippen LogP contribution in [0, 0.1) is 0 Å². The molecule has 2 rings (SSSR count). The van der Waals surface area contributed by atoms with Gasteiger partial charge in [-0.25, -0.2) is 13.4 Å². The molecular formula is C10H15N3O3S. The molecule has 2 heterocycles. The highest BCUT2D eigenvalue weighted by Crippen LogP contribution is 2.18. The minimum atomic E-state index is -3.43. The summed E-state index contributed by atoms with van der Waals surface area (Å²) in [7, 11) is -1.79. The Bertz CT molecular complexity index is 493. The van der Waals surface area contributed by atoms with Crippen molar-refractivity contribution in [1.82, 2.24) is 14.3 Å². The maximum atomic E-state index is 12.1. The zero-order valence-electron chi connectivity index (χ0n) is 9.59. The summed E-state index contributed by atoms with van der Waals surface area (Å²) >= 11 is 0. The summed E-state index contributed by atoms with van der Waals surface area (Å²) in [5.74, 6) is 0. The van der Waals surface area contributed by atoms with Crippen molar-refractivity contribution < 1.29 is 13.2 Å². The lowest BCUT2D eigenvalue weighted by molar-refractivity contribution is 0.219. The minimum absolute atomic E-state index is 0.140. The molecule has 0 amide bonds. The molecule has 0 fully saturated rings. The van der Waals surface area contributed by atoms with E-state index in [4.69, 9.17) is 4.74 Å². The second kappa shape index (κ2) is 4.99. The topological polar surface area (TPSA) is 75.3 Å². The number of nitrogens with zero attached hydrogens (tertiary/aromatic N) is 2. The van der Waals surface area contributed by atoms with Gasteiger partial charge in [0.05, 0.1) is 19.1 Å². The van der Waals surface area contributed by atoms with E-state index in [9.17, 15) is 8.42 Å². The van der Waals surface area contributed by atoms with Gasteiger partial charge >= 0.3 is 0 Å². The highest BCUT2D eigenvalue weighted by atomic mass is 32.2. The SMILES string of the molecule is COCC1=CCN(S(=O)(=O)c2cnc[nH]2)CC1. The fourth-order valence-corrected chi connectivity index (χ4v) is 3.03. The molecule has 1 aromatic rings. The number of aromatic nitrogens is 2. The van der Waals surface area contributed by atoms with Crippen LogP contribution in [0.4, 0.5) is 0 Å². The van der Waals surface area contributed by atoms with Crippen LogP contribution in [0.2, 0.25) is 0 Å². The number of hydrogen-bond donors (Lipinski definition) is 1. The molecule has 0 aromatic carbocycles. The number of rotatable bonds is 4. The Morgan fingerprint density at radius 2 is 2.41 bits per heavy atom. The Morgan fingerprint density at radius 1 is 1.59 bits per heavy atom. The Morgan fingerprint density at radius 3 is 2.94 bits per heavy atom. The lowest BCUT2D eigenvalue weighted by atomic mass is 10.1. The number of hydrogen-bond acceptors (Lipinski definition) is 4. The third-order valence-corrected chi connectivity index (χ3v) is 4.48. The van der Waals surface area contributed by atoms with Gasteiger partial charge in [-0.15, -0.1) is 0 Å². The predicted molar refractivity (Wildman–Crippen MR) is 61.9 cm³/mol. The van der Waals surface area contributed by atoms with Crippen LogP contribution in [0.25, 0.3) is 0 Å². The van der Waals surface area contributed by atoms with Gasteiger partial charge in [-0.05, 0) is 12.0 Å². The fraction of sp³-hybridized carbons (Fsp3) is 0.500. The zero-order chi connectivity index (χ0) is 12.3. The first-order valence-corrected chi connectivity index (χ1v) is 6.74. The number of aromatic amines is 1. The molecule has 1 aliphatic rings. The second-order valence-corrected chi connectivity index (χ2v) is 5.73. The van der Waals surface area contributed by atoms with Crippen molar-refractivity contribution in [1.29, 1.82) is 0 Å². The van der Waals surface area contributed by atoms with Gasteiger partial charge in [0.25, 0.3) is 10.0 Å². The molecule has 0 saturated heterocycles. The van der Waals surface area contributed by atoms with E-state index in [1.54, 1.807) is 7.11 Å². The molecule has 17 heavy (non-hydrogen) atoms. The Kier molecular flexibility index (Phi) is 3.60. The average Bonchev–Trinajstić information content (AvgIpc) is 2.84. The summed E-state index contributed by atoms with van der Waals surface area (Å²) in [5.41, 5.74) is 1.14. The van der Waals surface area contributed by atoms with E-state index in [2.05, 4.69) is 9.97 Å². The van der Waals surface area contributed by atoms with Crippen LogP contribution in [0.5, 0.6) is 0 Å². The van der Waals surface area contributed by atoms with Gasteiger partial charge in [-0.2, -0.15) is 4.31 Å². The van der Waals surface area contributed by atoms with Gasteiger partial charge in [0.1, 0.15) is 0 Å². The van der Waals surface area contributed by atoms with E-state index in [1.165, 1.54) is 16.8 Å². The van der Waals surface area contributed by atoms with Crippen molar-refractivity contribution >= 4 is 10.0 Å². The van der Waals surface area contributed by atoms with Crippen molar-refractivity contribution in [3.8, 4) is 0 Å². The fourth-order valence-electron chi connectivity index (χ4n) is 1.75. The van der Waals surface area contributed by atoms with Crippen LogP contribution >= 0.6 is 0 Å². The quantitative estimate of drug-likeness (QED) is 0.791. The molecule has 1 aromatic heterocycles. The summed E-state index contributed by atoms with van der Waals surface area (Å²) in [6, 6.07) is 0. The number of methoxy groups -OCH3 is 1. The van der Waals surface area contributed by atoms with Crippen molar-refractivity contribution in [2.24, 2.45) is 0 Å². The normalized spacial score (nSPS) is 18.1. The van der Waals surface area contributed by atoms with E-state index in [1.807, 2.05) is 6.08 Å². The average molecular weight is 257 g/mol. The number of sulfonamides is 1. The van der Waals surface area contributed by atoms with Crippen molar-refractivity contribution in [2.75, 3.05) is 26.8 Å². The van der Waals surface area contributed by atoms with E-state index < -0.39 is 10.0 Å². The van der Waals surface area contributed by atoms with E-state index in [0.717, 1.165) is 5.57 Å². The molecule has 7 heteroatoms.